The zero-order valence-electron chi connectivity index (χ0n) is 11.4. The minimum Gasteiger partial charge on any atom is -0.476 e. The number of carbonyl (C=O) groups excluding carboxylic acids is 1. The second-order valence-corrected chi connectivity index (χ2v) is 4.80. The van der Waals surface area contributed by atoms with Gasteiger partial charge in [0.1, 0.15) is 11.1 Å². The molecule has 2 N–H and O–H groups in total. The normalized spacial score (nSPS) is 12.1. The second kappa shape index (κ2) is 8.62. The monoisotopic (exact) mass is 302 g/mol. The molecule has 20 heavy (non-hydrogen) atoms. The number of hydrogen-bond donors (Lipinski definition) is 2. The smallest absolute Gasteiger partial charge is 0.355 e. The van der Waals surface area contributed by atoms with Crippen LogP contribution in [0.2, 0.25) is 0 Å². The Hall–Kier alpha value is -1.51. The number of carbonyl (C=O) groups is 2. The van der Waals surface area contributed by atoms with Gasteiger partial charge in [-0.25, -0.2) is 9.78 Å². The van der Waals surface area contributed by atoms with Gasteiger partial charge in [-0.15, -0.1) is 11.3 Å². The third kappa shape index (κ3) is 5.64. The molecule has 0 spiro atoms. The van der Waals surface area contributed by atoms with Gasteiger partial charge in [-0.05, 0) is 13.8 Å². The van der Waals surface area contributed by atoms with Crippen LogP contribution in [-0.4, -0.2) is 47.9 Å². The summed E-state index contributed by atoms with van der Waals surface area (Å²) >= 11 is 1.19. The van der Waals surface area contributed by atoms with Gasteiger partial charge in [0.25, 0.3) is 0 Å². The average Bonchev–Trinajstić information content (AvgIpc) is 2.89. The minimum absolute atomic E-state index is 0.0136. The summed E-state index contributed by atoms with van der Waals surface area (Å²) in [5.41, 5.74) is -0.0136. The summed E-state index contributed by atoms with van der Waals surface area (Å²) in [7, 11) is 0. The van der Waals surface area contributed by atoms with Crippen molar-refractivity contribution < 1.29 is 24.2 Å². The van der Waals surface area contributed by atoms with E-state index in [1.165, 1.54) is 16.7 Å². The van der Waals surface area contributed by atoms with E-state index < -0.39 is 12.1 Å². The van der Waals surface area contributed by atoms with Crippen molar-refractivity contribution in [2.45, 2.75) is 26.5 Å². The first kappa shape index (κ1) is 16.5. The Morgan fingerprint density at radius 1 is 1.50 bits per heavy atom. The van der Waals surface area contributed by atoms with Crippen LogP contribution in [0.4, 0.5) is 0 Å². The van der Waals surface area contributed by atoms with Crippen LogP contribution >= 0.6 is 11.3 Å². The molecule has 1 aromatic heterocycles. The molecule has 0 aliphatic carbocycles. The fourth-order valence-corrected chi connectivity index (χ4v) is 2.01. The summed E-state index contributed by atoms with van der Waals surface area (Å²) < 4.78 is 10.4. The summed E-state index contributed by atoms with van der Waals surface area (Å²) in [4.78, 5) is 26.2. The molecule has 1 rings (SSSR count). The number of carboxylic acids is 1. The van der Waals surface area contributed by atoms with Crippen LogP contribution in [-0.2, 0) is 20.8 Å². The number of aromatic nitrogens is 1. The molecule has 7 nitrogen and oxygen atoms in total. The predicted molar refractivity (Wildman–Crippen MR) is 72.8 cm³/mol. The third-order valence-corrected chi connectivity index (χ3v) is 3.20. The lowest BCUT2D eigenvalue weighted by atomic mass is 10.4. The molecular weight excluding hydrogens is 284 g/mol. The number of aromatic carboxylic acids is 1. The molecule has 1 atom stereocenters. The molecule has 0 aliphatic rings. The third-order valence-electron chi connectivity index (χ3n) is 2.35. The van der Waals surface area contributed by atoms with E-state index in [-0.39, 0.29) is 18.1 Å². The number of nitrogens with one attached hydrogen (secondary N) is 1. The van der Waals surface area contributed by atoms with Gasteiger partial charge in [-0.2, -0.15) is 0 Å². The van der Waals surface area contributed by atoms with E-state index >= 15 is 0 Å². The van der Waals surface area contributed by atoms with E-state index in [1.807, 2.05) is 6.92 Å². The Balaban J connectivity index is 2.29. The fourth-order valence-electron chi connectivity index (χ4n) is 1.30. The molecule has 0 saturated heterocycles. The van der Waals surface area contributed by atoms with E-state index in [0.29, 0.717) is 24.8 Å². The first-order valence-electron chi connectivity index (χ1n) is 6.19. The van der Waals surface area contributed by atoms with Gasteiger partial charge >= 0.3 is 5.97 Å². The summed E-state index contributed by atoms with van der Waals surface area (Å²) in [5, 5.41) is 13.3. The highest BCUT2D eigenvalue weighted by Gasteiger charge is 2.14. The standard InChI is InChI=1S/C12H18N2O5S/c1-3-18-4-5-19-8(2)11(15)13-6-10-14-9(7-20-10)12(16)17/h7-8H,3-6H2,1-2H3,(H,13,15)(H,16,17). The van der Waals surface area contributed by atoms with Gasteiger partial charge in [-0.1, -0.05) is 0 Å². The molecule has 0 aromatic carbocycles. The number of rotatable bonds is 9. The van der Waals surface area contributed by atoms with E-state index in [9.17, 15) is 9.59 Å². The number of hydrogen-bond acceptors (Lipinski definition) is 6. The van der Waals surface area contributed by atoms with Crippen molar-refractivity contribution >= 4 is 23.2 Å². The van der Waals surface area contributed by atoms with Crippen LogP contribution in [0.5, 0.6) is 0 Å². The van der Waals surface area contributed by atoms with Gasteiger partial charge in [0.2, 0.25) is 5.91 Å². The van der Waals surface area contributed by atoms with Crippen molar-refractivity contribution in [2.24, 2.45) is 0 Å². The van der Waals surface area contributed by atoms with Crippen LogP contribution in [0, 0.1) is 0 Å². The molecule has 1 amide bonds. The van der Waals surface area contributed by atoms with Crippen LogP contribution in [0.3, 0.4) is 0 Å². The first-order chi connectivity index (χ1) is 9.54. The highest BCUT2D eigenvalue weighted by molar-refractivity contribution is 7.09. The number of ether oxygens (including phenoxy) is 2. The molecule has 0 bridgehead atoms. The lowest BCUT2D eigenvalue weighted by Crippen LogP contribution is -2.34. The van der Waals surface area contributed by atoms with Crippen molar-refractivity contribution in [1.29, 1.82) is 0 Å². The largest absolute Gasteiger partial charge is 0.476 e. The van der Waals surface area contributed by atoms with Crippen LogP contribution in [0.25, 0.3) is 0 Å². The Kier molecular flexibility index (Phi) is 7.13. The van der Waals surface area contributed by atoms with Crippen molar-refractivity contribution in [3.63, 3.8) is 0 Å². The molecular formula is C12H18N2O5S. The minimum atomic E-state index is -1.08. The molecule has 0 saturated carbocycles. The summed E-state index contributed by atoms with van der Waals surface area (Å²) in [6.07, 6.45) is -0.589. The molecule has 112 valence electrons. The van der Waals surface area contributed by atoms with Crippen LogP contribution in [0.15, 0.2) is 5.38 Å². The molecule has 8 heteroatoms. The van der Waals surface area contributed by atoms with E-state index in [1.54, 1.807) is 6.92 Å². The lowest BCUT2D eigenvalue weighted by molar-refractivity contribution is -0.132. The quantitative estimate of drug-likeness (QED) is 0.658. The molecule has 1 aromatic rings. The Labute approximate surface area is 120 Å². The molecule has 1 heterocycles. The maximum Gasteiger partial charge on any atom is 0.355 e. The molecule has 1 unspecified atom stereocenters. The lowest BCUT2D eigenvalue weighted by Gasteiger charge is -2.12. The van der Waals surface area contributed by atoms with Gasteiger partial charge in [-0.3, -0.25) is 4.79 Å². The van der Waals surface area contributed by atoms with Crippen molar-refractivity contribution in [2.75, 3.05) is 19.8 Å². The fraction of sp³-hybridized carbons (Fsp3) is 0.583. The second-order valence-electron chi connectivity index (χ2n) is 3.86. The predicted octanol–water partition coefficient (Wildman–Crippen LogP) is 0.899. The summed E-state index contributed by atoms with van der Waals surface area (Å²) in [5.74, 6) is -1.35. The Bertz CT molecular complexity index is 449. The van der Waals surface area contributed by atoms with Crippen molar-refractivity contribution in [3.05, 3.63) is 16.1 Å². The number of thiazole rings is 1. The maximum atomic E-state index is 11.7. The Morgan fingerprint density at radius 3 is 2.85 bits per heavy atom. The first-order valence-corrected chi connectivity index (χ1v) is 7.07. The molecule has 0 radical (unpaired) electrons. The van der Waals surface area contributed by atoms with Crippen molar-refractivity contribution in [3.8, 4) is 0 Å². The van der Waals surface area contributed by atoms with Crippen molar-refractivity contribution in [1.82, 2.24) is 10.3 Å². The molecule has 0 aliphatic heterocycles. The van der Waals surface area contributed by atoms with E-state index in [4.69, 9.17) is 14.6 Å². The highest BCUT2D eigenvalue weighted by atomic mass is 32.1. The zero-order valence-corrected chi connectivity index (χ0v) is 12.2. The van der Waals surface area contributed by atoms with E-state index in [2.05, 4.69) is 10.3 Å². The topological polar surface area (TPSA) is 97.8 Å². The van der Waals surface area contributed by atoms with Gasteiger partial charge in [0, 0.05) is 12.0 Å². The SMILES string of the molecule is CCOCCOC(C)C(=O)NCc1nc(C(=O)O)cs1. The Morgan fingerprint density at radius 2 is 2.25 bits per heavy atom. The highest BCUT2D eigenvalue weighted by Crippen LogP contribution is 2.09. The number of nitrogens with zero attached hydrogens (tertiary/aromatic N) is 1. The zero-order chi connectivity index (χ0) is 15.0. The van der Waals surface area contributed by atoms with Crippen LogP contribution in [0.1, 0.15) is 29.3 Å². The summed E-state index contributed by atoms with van der Waals surface area (Å²) in [6.45, 7) is 5.13. The van der Waals surface area contributed by atoms with Crippen LogP contribution < -0.4 is 5.32 Å². The molecule has 0 fully saturated rings. The maximum absolute atomic E-state index is 11.7. The van der Waals surface area contributed by atoms with Gasteiger partial charge in [0.05, 0.1) is 19.8 Å². The van der Waals surface area contributed by atoms with Gasteiger partial charge in [0.15, 0.2) is 5.69 Å². The number of carboxylic acid groups (broad SMARTS) is 1. The summed E-state index contributed by atoms with van der Waals surface area (Å²) in [6, 6.07) is 0. The van der Waals surface area contributed by atoms with Gasteiger partial charge < -0.3 is 19.9 Å². The average molecular weight is 302 g/mol. The number of amides is 1. The van der Waals surface area contributed by atoms with E-state index in [0.717, 1.165) is 0 Å².